The van der Waals surface area contributed by atoms with E-state index in [0.717, 1.165) is 13.1 Å². The van der Waals surface area contributed by atoms with Gasteiger partial charge in [-0.1, -0.05) is 0 Å². The summed E-state index contributed by atoms with van der Waals surface area (Å²) in [6.07, 6.45) is 0. The number of rotatable bonds is 1. The number of carbonyl (C=O) groups excluding carboxylic acids is 1. The van der Waals surface area contributed by atoms with Crippen LogP contribution in [0, 0.1) is 0 Å². The third kappa shape index (κ3) is 11.3. The Morgan fingerprint density at radius 3 is 2.00 bits per heavy atom. The molecule has 0 aliphatic rings. The van der Waals surface area contributed by atoms with Crippen LogP contribution in [-0.2, 0) is 17.9 Å². The number of methoxy groups -OCH3 is 1. The first-order valence-electron chi connectivity index (χ1n) is 2.26. The molecule has 0 amide bonds. The Labute approximate surface area is 74.8 Å². The van der Waals surface area contributed by atoms with Crippen LogP contribution in [0.2, 0.25) is 0 Å². The van der Waals surface area contributed by atoms with Crippen LogP contribution in [-0.4, -0.2) is 23.9 Å². The molecule has 0 heterocycles. The van der Waals surface area contributed by atoms with Crippen LogP contribution in [0.25, 0.3) is 0 Å². The molecule has 67 valence electrons. The van der Waals surface area contributed by atoms with Gasteiger partial charge in [-0.15, -0.1) is 0 Å². The van der Waals surface area contributed by atoms with Gasteiger partial charge in [0.05, 0.1) is 0 Å². The molecule has 0 spiro atoms. The van der Waals surface area contributed by atoms with Gasteiger partial charge >= 0.3 is 39.3 Å². The molecule has 0 aliphatic carbocycles. The average Bonchev–Trinajstić information content (AvgIpc) is 1.88. The zero-order valence-corrected chi connectivity index (χ0v) is 8.02. The molecule has 0 fully saturated rings. The minimum atomic E-state index is -0.384. The van der Waals surface area contributed by atoms with Crippen molar-refractivity contribution in [2.75, 3.05) is 7.11 Å². The number of hydrogen-bond acceptors (Lipinski definition) is 2. The Balaban J connectivity index is 0. The molecular weight excluding hydrogens is 229 g/mol. The van der Waals surface area contributed by atoms with E-state index in [4.69, 9.17) is 10.5 Å². The molecule has 6 heteroatoms. The van der Waals surface area contributed by atoms with Gasteiger partial charge in [-0.2, -0.15) is 0 Å². The molecule has 0 radical (unpaired) electrons. The summed E-state index contributed by atoms with van der Waals surface area (Å²) in [6.45, 7) is 1.64. The van der Waals surface area contributed by atoms with Gasteiger partial charge in [0.2, 0.25) is 0 Å². The second-order valence-corrected chi connectivity index (χ2v) is 2.93. The molecule has 0 saturated carbocycles. The van der Waals surface area contributed by atoms with Crippen molar-refractivity contribution in [1.82, 2.24) is 0 Å². The van der Waals surface area contributed by atoms with E-state index in [0.29, 0.717) is 0 Å². The molecule has 0 saturated heterocycles. The number of ether oxygens (including phenoxy) is 1. The molecule has 0 bridgehead atoms. The molecule has 1 unspecified atom stereocenters. The number of nitrogens with two attached hydrogens (primary N) is 1. The van der Waals surface area contributed by atoms with Gasteiger partial charge in [-0.3, -0.25) is 0 Å². The molecular formula is C4H10Cl2CuNO2+. The van der Waals surface area contributed by atoms with Crippen molar-refractivity contribution >= 4 is 26.2 Å². The summed E-state index contributed by atoms with van der Waals surface area (Å²) in [5, 5.41) is 0. The topological polar surface area (TPSA) is 56.6 Å². The van der Waals surface area contributed by atoms with E-state index in [1.165, 1.54) is 7.11 Å². The van der Waals surface area contributed by atoms with Gasteiger partial charge in [-0.05, 0) is 6.92 Å². The molecule has 0 aromatic heterocycles. The zero-order valence-electron chi connectivity index (χ0n) is 5.57. The second kappa shape index (κ2) is 9.53. The molecule has 10 heavy (non-hydrogen) atoms. The van der Waals surface area contributed by atoms with Gasteiger partial charge < -0.3 is 15.3 Å². The predicted octanol–water partition coefficient (Wildman–Crippen LogP) is 0.859. The average molecular weight is 239 g/mol. The Hall–Kier alpha value is 0.529. The molecule has 0 aromatic rings. The maximum absolute atomic E-state index is 8.50. The van der Waals surface area contributed by atoms with E-state index in [1.807, 2.05) is 0 Å². The fraction of sp³-hybridized carbons (Fsp3) is 0.750. The summed E-state index contributed by atoms with van der Waals surface area (Å²) < 4.78 is 4.36. The molecule has 0 aromatic carbocycles. The minimum absolute atomic E-state index is 0.125. The first kappa shape index (κ1) is 13.1. The summed E-state index contributed by atoms with van der Waals surface area (Å²) >= 11 is 0.757. The van der Waals surface area contributed by atoms with E-state index < -0.39 is 0 Å². The fourth-order valence-corrected chi connectivity index (χ4v) is 0.186. The van der Waals surface area contributed by atoms with Gasteiger partial charge in [0.1, 0.15) is 0 Å². The summed E-state index contributed by atoms with van der Waals surface area (Å²) in [7, 11) is 10.7. The van der Waals surface area contributed by atoms with Crippen LogP contribution in [0.4, 0.5) is 0 Å². The summed E-state index contributed by atoms with van der Waals surface area (Å²) in [5.41, 5.74) is 5.13. The van der Waals surface area contributed by atoms with E-state index in [9.17, 15) is 0 Å². The first-order valence-corrected chi connectivity index (χ1v) is 4.85. The first-order chi connectivity index (χ1) is 4.59. The van der Waals surface area contributed by atoms with Crippen LogP contribution in [0.5, 0.6) is 0 Å². The standard InChI is InChI=1S/C4H9NO2.2ClH.Cu/c1-3(5)4(6)7-2;;;/h3H,5H2,1-2H3;2*1H;/q;;;+2/p-1. The van der Waals surface area contributed by atoms with Gasteiger partial charge in [0, 0.05) is 0 Å². The van der Waals surface area contributed by atoms with Crippen LogP contribution in [0.1, 0.15) is 6.92 Å². The fourth-order valence-electron chi connectivity index (χ4n) is 0.186. The van der Waals surface area contributed by atoms with Gasteiger partial charge in [-0.25, -0.2) is 0 Å². The monoisotopic (exact) mass is 237 g/mol. The van der Waals surface area contributed by atoms with Crippen molar-refractivity contribution in [2.24, 2.45) is 5.73 Å². The van der Waals surface area contributed by atoms with Crippen LogP contribution < -0.4 is 5.73 Å². The third-order valence-corrected chi connectivity index (χ3v) is 0.599. The summed E-state index contributed by atoms with van der Waals surface area (Å²) in [6, 6.07) is -0.384. The van der Waals surface area contributed by atoms with Crippen molar-refractivity contribution in [1.29, 1.82) is 0 Å². The Bertz CT molecular complexity index is 91.3. The zero-order chi connectivity index (χ0) is 8.57. The van der Waals surface area contributed by atoms with Gasteiger partial charge in [0.25, 0.3) is 0 Å². The molecule has 3 nitrogen and oxygen atoms in total. The van der Waals surface area contributed by atoms with Crippen molar-refractivity contribution in [3.8, 4) is 0 Å². The molecule has 0 rings (SSSR count). The van der Waals surface area contributed by atoms with E-state index >= 15 is 0 Å². The number of halogens is 2. The third-order valence-electron chi connectivity index (χ3n) is 0.599. The van der Waals surface area contributed by atoms with E-state index in [1.54, 1.807) is 6.92 Å². The Morgan fingerprint density at radius 1 is 1.70 bits per heavy atom. The molecule has 1 atom stereocenters. The van der Waals surface area contributed by atoms with Crippen molar-refractivity contribution in [3.05, 3.63) is 0 Å². The molecule has 0 aliphatic heterocycles. The molecule has 3 N–H and O–H groups in total. The Morgan fingerprint density at radius 2 is 2.00 bits per heavy atom. The summed E-state index contributed by atoms with van der Waals surface area (Å²) in [4.78, 5) is 8.50. The Kier molecular flexibility index (Phi) is 12.5. The van der Waals surface area contributed by atoms with Crippen LogP contribution in [0.15, 0.2) is 0 Å². The predicted molar refractivity (Wildman–Crippen MR) is 39.3 cm³/mol. The number of hydrogen-bond donors (Lipinski definition) is 1. The van der Waals surface area contributed by atoms with Crippen molar-refractivity contribution < 1.29 is 22.7 Å². The van der Waals surface area contributed by atoms with Gasteiger partial charge in [0.15, 0.2) is 13.2 Å². The SMILES string of the molecule is COC(=[OH+])C(C)N.[Cl][Cu][Cl]. The second-order valence-electron chi connectivity index (χ2n) is 1.37. The van der Waals surface area contributed by atoms with Crippen LogP contribution >= 0.6 is 20.2 Å². The van der Waals surface area contributed by atoms with Crippen molar-refractivity contribution in [3.63, 3.8) is 0 Å². The number of esters is 1. The van der Waals surface area contributed by atoms with Crippen molar-refractivity contribution in [2.45, 2.75) is 13.0 Å². The van der Waals surface area contributed by atoms with E-state index in [2.05, 4.69) is 24.9 Å². The normalized spacial score (nSPS) is 11.3. The van der Waals surface area contributed by atoms with Crippen LogP contribution in [0.3, 0.4) is 0 Å². The maximum atomic E-state index is 8.50. The quantitative estimate of drug-likeness (QED) is 0.418. The van der Waals surface area contributed by atoms with E-state index in [-0.39, 0.29) is 12.0 Å². The summed E-state index contributed by atoms with van der Waals surface area (Å²) in [5.74, 6) is -0.125.